The van der Waals surface area contributed by atoms with E-state index >= 15 is 0 Å². The lowest BCUT2D eigenvalue weighted by Gasteiger charge is -2.22. The van der Waals surface area contributed by atoms with Crippen molar-refractivity contribution in [2.75, 3.05) is 19.1 Å². The predicted octanol–water partition coefficient (Wildman–Crippen LogP) is 3.10. The van der Waals surface area contributed by atoms with Gasteiger partial charge in [-0.2, -0.15) is 0 Å². The Kier molecular flexibility index (Phi) is 4.75. The number of nitrogens with two attached hydrogens (primary N) is 1. The molecule has 2 aromatic rings. The highest BCUT2D eigenvalue weighted by atomic mass is 32.1. The van der Waals surface area contributed by atoms with Crippen molar-refractivity contribution < 1.29 is 9.13 Å². The van der Waals surface area contributed by atoms with Gasteiger partial charge in [0, 0.05) is 24.8 Å². The summed E-state index contributed by atoms with van der Waals surface area (Å²) >= 11 is 5.00. The third-order valence-corrected chi connectivity index (χ3v) is 3.41. The molecule has 0 aliphatic heterocycles. The fourth-order valence-corrected chi connectivity index (χ4v) is 2.33. The van der Waals surface area contributed by atoms with Crippen LogP contribution in [0.2, 0.25) is 0 Å². The number of hydrogen-bond donors (Lipinski definition) is 1. The van der Waals surface area contributed by atoms with E-state index < -0.39 is 0 Å². The van der Waals surface area contributed by atoms with Crippen LogP contribution in [0.3, 0.4) is 0 Å². The summed E-state index contributed by atoms with van der Waals surface area (Å²) in [4.78, 5) is 2.16. The van der Waals surface area contributed by atoms with Gasteiger partial charge in [-0.15, -0.1) is 0 Å². The Morgan fingerprint density at radius 1 is 1.29 bits per heavy atom. The van der Waals surface area contributed by atoms with Crippen molar-refractivity contribution in [3.63, 3.8) is 0 Å². The van der Waals surface area contributed by atoms with Crippen LogP contribution >= 0.6 is 12.2 Å². The van der Waals surface area contributed by atoms with Gasteiger partial charge in [0.25, 0.3) is 0 Å². The molecule has 0 bridgehead atoms. The van der Waals surface area contributed by atoms with Gasteiger partial charge in [0.1, 0.15) is 16.6 Å². The van der Waals surface area contributed by atoms with E-state index in [4.69, 9.17) is 22.7 Å². The second-order valence-corrected chi connectivity index (χ2v) is 5.17. The first-order valence-corrected chi connectivity index (χ1v) is 6.85. The van der Waals surface area contributed by atoms with Crippen LogP contribution in [0.25, 0.3) is 0 Å². The van der Waals surface area contributed by atoms with Crippen LogP contribution in [-0.2, 0) is 6.54 Å². The number of methoxy groups -OCH3 is 1. The molecule has 0 amide bonds. The first-order chi connectivity index (χ1) is 10.0. The lowest BCUT2D eigenvalue weighted by atomic mass is 10.1. The van der Waals surface area contributed by atoms with E-state index in [1.807, 2.05) is 36.2 Å². The number of ether oxygens (including phenoxy) is 1. The zero-order valence-electron chi connectivity index (χ0n) is 12.0. The first-order valence-electron chi connectivity index (χ1n) is 6.44. The quantitative estimate of drug-likeness (QED) is 0.862. The highest BCUT2D eigenvalue weighted by Gasteiger charge is 2.11. The molecule has 2 aromatic carbocycles. The fraction of sp³-hybridized carbons (Fsp3) is 0.188. The van der Waals surface area contributed by atoms with E-state index in [-0.39, 0.29) is 10.8 Å². The lowest BCUT2D eigenvalue weighted by molar-refractivity contribution is 0.414. The molecule has 2 rings (SSSR count). The predicted molar refractivity (Wildman–Crippen MR) is 87.4 cm³/mol. The van der Waals surface area contributed by atoms with Gasteiger partial charge in [-0.3, -0.25) is 0 Å². The molecule has 3 nitrogen and oxygen atoms in total. The fourth-order valence-electron chi connectivity index (χ4n) is 2.17. The molecular weight excluding hydrogens is 287 g/mol. The third-order valence-electron chi connectivity index (χ3n) is 3.19. The van der Waals surface area contributed by atoms with Crippen molar-refractivity contribution in [2.45, 2.75) is 6.54 Å². The molecule has 0 saturated carbocycles. The minimum absolute atomic E-state index is 0.182. The molecule has 0 aliphatic carbocycles. The minimum Gasteiger partial charge on any atom is -0.497 e. The molecule has 2 N–H and O–H groups in total. The van der Waals surface area contributed by atoms with E-state index in [2.05, 4.69) is 0 Å². The maximum Gasteiger partial charge on any atom is 0.124 e. The SMILES string of the molecule is COc1cccc(CN(C)c2ccc(F)cc2C(N)=S)c1. The molecule has 0 aromatic heterocycles. The van der Waals surface area contributed by atoms with Crippen LogP contribution in [-0.4, -0.2) is 19.1 Å². The number of anilines is 1. The Morgan fingerprint density at radius 2 is 2.05 bits per heavy atom. The summed E-state index contributed by atoms with van der Waals surface area (Å²) in [6.45, 7) is 0.637. The molecule has 0 spiro atoms. The molecule has 21 heavy (non-hydrogen) atoms. The van der Waals surface area contributed by atoms with Crippen LogP contribution in [0.5, 0.6) is 5.75 Å². The van der Waals surface area contributed by atoms with Gasteiger partial charge in [-0.05, 0) is 35.9 Å². The van der Waals surface area contributed by atoms with E-state index in [1.54, 1.807) is 13.2 Å². The summed E-state index contributed by atoms with van der Waals surface area (Å²) in [5.41, 5.74) is 8.09. The van der Waals surface area contributed by atoms with Gasteiger partial charge >= 0.3 is 0 Å². The van der Waals surface area contributed by atoms with Gasteiger partial charge < -0.3 is 15.4 Å². The number of benzene rings is 2. The zero-order valence-corrected chi connectivity index (χ0v) is 12.8. The molecule has 0 saturated heterocycles. The van der Waals surface area contributed by atoms with Gasteiger partial charge in [0.15, 0.2) is 0 Å². The van der Waals surface area contributed by atoms with Crippen molar-refractivity contribution in [3.05, 3.63) is 59.4 Å². The average molecular weight is 304 g/mol. The summed E-state index contributed by atoms with van der Waals surface area (Å²) in [6.07, 6.45) is 0. The van der Waals surface area contributed by atoms with Crippen LogP contribution < -0.4 is 15.4 Å². The Labute approximate surface area is 129 Å². The topological polar surface area (TPSA) is 38.5 Å². The molecule has 0 atom stereocenters. The molecule has 110 valence electrons. The standard InChI is InChI=1S/C16H17FN2OS/c1-19(10-11-4-3-5-13(8-11)20-2)15-7-6-12(17)9-14(15)16(18)21/h3-9H,10H2,1-2H3,(H2,18,21). The summed E-state index contributed by atoms with van der Waals surface area (Å²) in [7, 11) is 3.54. The molecular formula is C16H17FN2OS. The summed E-state index contributed by atoms with van der Waals surface area (Å²) in [5.74, 6) is 0.450. The molecule has 5 heteroatoms. The molecule has 0 unspecified atom stereocenters. The van der Waals surface area contributed by atoms with Gasteiger partial charge in [-0.1, -0.05) is 24.4 Å². The highest BCUT2D eigenvalue weighted by Crippen LogP contribution is 2.23. The van der Waals surface area contributed by atoms with E-state index in [9.17, 15) is 4.39 Å². The monoisotopic (exact) mass is 304 g/mol. The van der Waals surface area contributed by atoms with Crippen LogP contribution in [0.1, 0.15) is 11.1 Å². The molecule has 0 radical (unpaired) electrons. The van der Waals surface area contributed by atoms with Crippen molar-refractivity contribution >= 4 is 22.9 Å². The second-order valence-electron chi connectivity index (χ2n) is 4.73. The molecule has 0 heterocycles. The maximum absolute atomic E-state index is 13.3. The van der Waals surface area contributed by atoms with Crippen molar-refractivity contribution in [2.24, 2.45) is 5.73 Å². The van der Waals surface area contributed by atoms with E-state index in [0.29, 0.717) is 12.1 Å². The lowest BCUT2D eigenvalue weighted by Crippen LogP contribution is -2.21. The Bertz CT molecular complexity index is 660. The minimum atomic E-state index is -0.351. The third kappa shape index (κ3) is 3.70. The van der Waals surface area contributed by atoms with Crippen LogP contribution in [0, 0.1) is 5.82 Å². The highest BCUT2D eigenvalue weighted by molar-refractivity contribution is 7.80. The van der Waals surface area contributed by atoms with Gasteiger partial charge in [0.05, 0.1) is 7.11 Å². The smallest absolute Gasteiger partial charge is 0.124 e. The number of rotatable bonds is 5. The van der Waals surface area contributed by atoms with Crippen LogP contribution in [0.4, 0.5) is 10.1 Å². The summed E-state index contributed by atoms with van der Waals surface area (Å²) < 4.78 is 18.6. The van der Waals surface area contributed by atoms with Gasteiger partial charge in [-0.25, -0.2) is 4.39 Å². The Morgan fingerprint density at radius 3 is 2.71 bits per heavy atom. The number of halogens is 1. The average Bonchev–Trinajstić information content (AvgIpc) is 2.47. The largest absolute Gasteiger partial charge is 0.497 e. The first kappa shape index (κ1) is 15.3. The normalized spacial score (nSPS) is 10.2. The van der Waals surface area contributed by atoms with Crippen molar-refractivity contribution in [1.29, 1.82) is 0 Å². The Balaban J connectivity index is 2.27. The van der Waals surface area contributed by atoms with Crippen molar-refractivity contribution in [3.8, 4) is 5.75 Å². The van der Waals surface area contributed by atoms with Crippen LogP contribution in [0.15, 0.2) is 42.5 Å². The Hall–Kier alpha value is -2.14. The summed E-state index contributed by atoms with van der Waals surface area (Å²) in [6, 6.07) is 12.2. The van der Waals surface area contributed by atoms with Gasteiger partial charge in [0.2, 0.25) is 0 Å². The number of thiocarbonyl (C=S) groups is 1. The maximum atomic E-state index is 13.3. The second kappa shape index (κ2) is 6.54. The molecule has 0 fully saturated rings. The van der Waals surface area contributed by atoms with E-state index in [1.165, 1.54) is 12.1 Å². The molecule has 0 aliphatic rings. The number of hydrogen-bond acceptors (Lipinski definition) is 3. The van der Waals surface area contributed by atoms with E-state index in [0.717, 1.165) is 17.0 Å². The summed E-state index contributed by atoms with van der Waals surface area (Å²) in [5, 5.41) is 0. The van der Waals surface area contributed by atoms with Crippen molar-refractivity contribution in [1.82, 2.24) is 0 Å². The number of nitrogens with zero attached hydrogens (tertiary/aromatic N) is 1. The zero-order chi connectivity index (χ0) is 15.4.